The minimum absolute atomic E-state index is 0.506. The zero-order valence-electron chi connectivity index (χ0n) is 9.33. The van der Waals surface area contributed by atoms with Gasteiger partial charge in [-0.3, -0.25) is 0 Å². The molecule has 15 heavy (non-hydrogen) atoms. The van der Waals surface area contributed by atoms with Gasteiger partial charge in [0.2, 0.25) is 0 Å². The largest absolute Gasteiger partial charge is 0.316 e. The Morgan fingerprint density at radius 2 is 2.60 bits per heavy atom. The van der Waals surface area contributed by atoms with Crippen LogP contribution in [-0.2, 0) is 0 Å². The first-order chi connectivity index (χ1) is 7.36. The summed E-state index contributed by atoms with van der Waals surface area (Å²) >= 11 is 1.84. The minimum Gasteiger partial charge on any atom is -0.316 e. The number of hydrogen-bond donors (Lipinski definition) is 2. The molecule has 2 N–H and O–H groups in total. The minimum atomic E-state index is 0.506. The third-order valence-electron chi connectivity index (χ3n) is 3.08. The van der Waals surface area contributed by atoms with Gasteiger partial charge < -0.3 is 10.6 Å². The lowest BCUT2D eigenvalue weighted by Crippen LogP contribution is -2.36. The van der Waals surface area contributed by atoms with Crippen molar-refractivity contribution in [1.82, 2.24) is 10.6 Å². The summed E-state index contributed by atoms with van der Waals surface area (Å²) in [6.07, 6.45) is 2.71. The van der Waals surface area contributed by atoms with Gasteiger partial charge in [0.1, 0.15) is 0 Å². The Labute approximate surface area is 96.1 Å². The summed E-state index contributed by atoms with van der Waals surface area (Å²) in [6.45, 7) is 5.79. The second-order valence-corrected chi connectivity index (χ2v) is 5.34. The second-order valence-electron chi connectivity index (χ2n) is 4.36. The number of piperidine rings is 1. The summed E-state index contributed by atoms with van der Waals surface area (Å²) in [5.74, 6) is 0.821. The van der Waals surface area contributed by atoms with Crippen molar-refractivity contribution in [2.24, 2.45) is 5.92 Å². The Balaban J connectivity index is 1.73. The molecule has 3 heteroatoms. The van der Waals surface area contributed by atoms with Crippen LogP contribution in [0.5, 0.6) is 0 Å². The fraction of sp³-hybridized carbons (Fsp3) is 0.667. The van der Waals surface area contributed by atoms with E-state index in [1.165, 1.54) is 30.8 Å². The van der Waals surface area contributed by atoms with Gasteiger partial charge >= 0.3 is 0 Å². The van der Waals surface area contributed by atoms with Crippen LogP contribution >= 0.6 is 11.3 Å². The molecule has 0 aromatic carbocycles. The zero-order chi connectivity index (χ0) is 10.5. The van der Waals surface area contributed by atoms with Crippen molar-refractivity contribution in [2.45, 2.75) is 25.8 Å². The van der Waals surface area contributed by atoms with E-state index in [0.29, 0.717) is 6.04 Å². The molecular weight excluding hydrogens is 204 g/mol. The molecule has 2 nitrogen and oxygen atoms in total. The number of nitrogens with one attached hydrogen (secondary N) is 2. The predicted molar refractivity (Wildman–Crippen MR) is 66.3 cm³/mol. The summed E-state index contributed by atoms with van der Waals surface area (Å²) in [7, 11) is 0. The van der Waals surface area contributed by atoms with E-state index in [4.69, 9.17) is 0 Å². The van der Waals surface area contributed by atoms with Gasteiger partial charge in [0.25, 0.3) is 0 Å². The van der Waals surface area contributed by atoms with E-state index in [0.717, 1.165) is 12.5 Å². The van der Waals surface area contributed by atoms with Gasteiger partial charge in [-0.15, -0.1) is 11.3 Å². The molecule has 1 aromatic rings. The highest BCUT2D eigenvalue weighted by molar-refractivity contribution is 7.10. The van der Waals surface area contributed by atoms with Crippen molar-refractivity contribution in [2.75, 3.05) is 19.6 Å². The quantitative estimate of drug-likeness (QED) is 0.820. The summed E-state index contributed by atoms with van der Waals surface area (Å²) in [4.78, 5) is 1.44. The van der Waals surface area contributed by atoms with E-state index in [1.807, 2.05) is 11.3 Å². The Morgan fingerprint density at radius 3 is 3.27 bits per heavy atom. The van der Waals surface area contributed by atoms with Crippen molar-refractivity contribution < 1.29 is 0 Å². The highest BCUT2D eigenvalue weighted by Gasteiger charge is 2.14. The molecule has 1 unspecified atom stereocenters. The van der Waals surface area contributed by atoms with Crippen molar-refractivity contribution in [3.05, 3.63) is 22.4 Å². The highest BCUT2D eigenvalue weighted by Crippen LogP contribution is 2.19. The molecule has 2 atom stereocenters. The molecule has 1 aromatic heterocycles. The molecule has 1 aliphatic rings. The molecule has 0 bridgehead atoms. The van der Waals surface area contributed by atoms with Crippen molar-refractivity contribution in [3.63, 3.8) is 0 Å². The molecule has 1 fully saturated rings. The zero-order valence-corrected chi connectivity index (χ0v) is 10.1. The van der Waals surface area contributed by atoms with Gasteiger partial charge in [-0.1, -0.05) is 6.07 Å². The standard InChI is InChI=1S/C12H20N2S/c1-10(12-5-3-7-15-12)14-9-11-4-2-6-13-8-11/h3,5,7,10-11,13-14H,2,4,6,8-9H2,1H3/t10-,11?/m1/s1. The van der Waals surface area contributed by atoms with Crippen LogP contribution in [0, 0.1) is 5.92 Å². The van der Waals surface area contributed by atoms with Gasteiger partial charge in [0, 0.05) is 10.9 Å². The average molecular weight is 224 g/mol. The maximum Gasteiger partial charge on any atom is 0.0386 e. The first kappa shape index (κ1) is 11.1. The lowest BCUT2D eigenvalue weighted by atomic mass is 9.99. The fourth-order valence-electron chi connectivity index (χ4n) is 2.08. The lowest BCUT2D eigenvalue weighted by molar-refractivity contribution is 0.349. The second kappa shape index (κ2) is 5.64. The third-order valence-corrected chi connectivity index (χ3v) is 4.14. The number of thiophene rings is 1. The van der Waals surface area contributed by atoms with Crippen LogP contribution in [0.25, 0.3) is 0 Å². The van der Waals surface area contributed by atoms with Crippen molar-refractivity contribution in [1.29, 1.82) is 0 Å². The SMILES string of the molecule is C[C@@H](NCC1CCCNC1)c1cccs1. The van der Waals surface area contributed by atoms with Gasteiger partial charge in [0.15, 0.2) is 0 Å². The monoisotopic (exact) mass is 224 g/mol. The molecular formula is C12H20N2S. The fourth-order valence-corrected chi connectivity index (χ4v) is 2.84. The van der Waals surface area contributed by atoms with Crippen molar-refractivity contribution in [3.8, 4) is 0 Å². The first-order valence-electron chi connectivity index (χ1n) is 5.84. The third kappa shape index (κ3) is 3.30. The predicted octanol–water partition coefficient (Wildman–Crippen LogP) is 2.40. The maximum absolute atomic E-state index is 3.63. The number of hydrogen-bond acceptors (Lipinski definition) is 3. The average Bonchev–Trinajstić information content (AvgIpc) is 2.81. The molecule has 0 radical (unpaired) electrons. The van der Waals surface area contributed by atoms with E-state index in [2.05, 4.69) is 35.1 Å². The van der Waals surface area contributed by atoms with E-state index >= 15 is 0 Å². The Bertz CT molecular complexity index is 265. The van der Waals surface area contributed by atoms with Crippen LogP contribution in [0.15, 0.2) is 17.5 Å². The van der Waals surface area contributed by atoms with Gasteiger partial charge in [0.05, 0.1) is 0 Å². The smallest absolute Gasteiger partial charge is 0.0386 e. The lowest BCUT2D eigenvalue weighted by Gasteiger charge is -2.24. The Morgan fingerprint density at radius 1 is 1.67 bits per heavy atom. The summed E-state index contributed by atoms with van der Waals surface area (Å²) in [5.41, 5.74) is 0. The van der Waals surface area contributed by atoms with Gasteiger partial charge in [-0.05, 0) is 56.8 Å². The molecule has 1 saturated heterocycles. The summed E-state index contributed by atoms with van der Waals surface area (Å²) in [6, 6.07) is 4.84. The van der Waals surface area contributed by atoms with Crippen LogP contribution in [-0.4, -0.2) is 19.6 Å². The molecule has 2 heterocycles. The van der Waals surface area contributed by atoms with Crippen LogP contribution in [0.1, 0.15) is 30.7 Å². The highest BCUT2D eigenvalue weighted by atomic mass is 32.1. The summed E-state index contributed by atoms with van der Waals surface area (Å²) in [5, 5.41) is 9.23. The topological polar surface area (TPSA) is 24.1 Å². The number of rotatable bonds is 4. The first-order valence-corrected chi connectivity index (χ1v) is 6.71. The maximum atomic E-state index is 3.63. The van der Waals surface area contributed by atoms with Crippen LogP contribution in [0.3, 0.4) is 0 Å². The molecule has 0 amide bonds. The van der Waals surface area contributed by atoms with Gasteiger partial charge in [-0.25, -0.2) is 0 Å². The Kier molecular flexibility index (Phi) is 4.18. The molecule has 2 rings (SSSR count). The van der Waals surface area contributed by atoms with Crippen LogP contribution in [0.2, 0.25) is 0 Å². The normalized spacial score (nSPS) is 23.9. The van der Waals surface area contributed by atoms with Crippen LogP contribution < -0.4 is 10.6 Å². The molecule has 1 aliphatic heterocycles. The van der Waals surface area contributed by atoms with Crippen molar-refractivity contribution >= 4 is 11.3 Å². The summed E-state index contributed by atoms with van der Waals surface area (Å²) < 4.78 is 0. The Hall–Kier alpha value is -0.380. The molecule has 0 saturated carbocycles. The van der Waals surface area contributed by atoms with Crippen LogP contribution in [0.4, 0.5) is 0 Å². The molecule has 0 aliphatic carbocycles. The molecule has 84 valence electrons. The van der Waals surface area contributed by atoms with E-state index in [-0.39, 0.29) is 0 Å². The van der Waals surface area contributed by atoms with E-state index in [9.17, 15) is 0 Å². The molecule has 0 spiro atoms. The van der Waals surface area contributed by atoms with Gasteiger partial charge in [-0.2, -0.15) is 0 Å². The van der Waals surface area contributed by atoms with E-state index in [1.54, 1.807) is 0 Å². The van der Waals surface area contributed by atoms with E-state index < -0.39 is 0 Å².